The molecular formula is C11H22N2O2S. The van der Waals surface area contributed by atoms with E-state index in [0.29, 0.717) is 0 Å². The zero-order chi connectivity index (χ0) is 11.4. The zero-order valence-electron chi connectivity index (χ0n) is 9.74. The van der Waals surface area contributed by atoms with Crippen LogP contribution in [-0.2, 0) is 10.0 Å². The van der Waals surface area contributed by atoms with Gasteiger partial charge in [0.25, 0.3) is 0 Å². The predicted molar refractivity (Wildman–Crippen MR) is 64.8 cm³/mol. The van der Waals surface area contributed by atoms with Crippen LogP contribution in [0.1, 0.15) is 44.9 Å². The van der Waals surface area contributed by atoms with Crippen LogP contribution in [0.5, 0.6) is 0 Å². The molecule has 2 aliphatic rings. The molecule has 16 heavy (non-hydrogen) atoms. The van der Waals surface area contributed by atoms with Gasteiger partial charge in [-0.15, -0.1) is 0 Å². The summed E-state index contributed by atoms with van der Waals surface area (Å²) in [5.41, 5.74) is 0. The highest BCUT2D eigenvalue weighted by Crippen LogP contribution is 2.23. The lowest BCUT2D eigenvalue weighted by molar-refractivity contribution is 0.416. The SMILES string of the molecule is O=S(=O)(NC1CCNCC1)C1CCCCC1. The number of piperidine rings is 1. The van der Waals surface area contributed by atoms with E-state index in [9.17, 15) is 8.42 Å². The van der Waals surface area contributed by atoms with Crippen molar-refractivity contribution in [3.63, 3.8) is 0 Å². The van der Waals surface area contributed by atoms with E-state index in [-0.39, 0.29) is 11.3 Å². The smallest absolute Gasteiger partial charge is 0.214 e. The van der Waals surface area contributed by atoms with Crippen molar-refractivity contribution in [3.05, 3.63) is 0 Å². The van der Waals surface area contributed by atoms with Gasteiger partial charge in [-0.1, -0.05) is 19.3 Å². The van der Waals surface area contributed by atoms with E-state index < -0.39 is 10.0 Å². The van der Waals surface area contributed by atoms with Crippen molar-refractivity contribution in [2.45, 2.75) is 56.2 Å². The van der Waals surface area contributed by atoms with Crippen LogP contribution in [-0.4, -0.2) is 32.8 Å². The molecule has 1 aliphatic carbocycles. The van der Waals surface area contributed by atoms with E-state index in [1.807, 2.05) is 0 Å². The molecule has 1 aliphatic heterocycles. The molecule has 0 aromatic carbocycles. The van der Waals surface area contributed by atoms with Crippen molar-refractivity contribution in [2.75, 3.05) is 13.1 Å². The van der Waals surface area contributed by atoms with E-state index in [1.54, 1.807) is 0 Å². The third kappa shape index (κ3) is 3.18. The minimum absolute atomic E-state index is 0.129. The zero-order valence-corrected chi connectivity index (χ0v) is 10.6. The predicted octanol–water partition coefficient (Wildman–Crippen LogP) is 0.990. The van der Waals surface area contributed by atoms with Crippen molar-refractivity contribution >= 4 is 10.0 Å². The third-order valence-corrected chi connectivity index (χ3v) is 5.67. The molecule has 0 atom stereocenters. The van der Waals surface area contributed by atoms with Gasteiger partial charge in [-0.3, -0.25) is 0 Å². The average Bonchev–Trinajstić information content (AvgIpc) is 2.31. The number of nitrogens with one attached hydrogen (secondary N) is 2. The summed E-state index contributed by atoms with van der Waals surface area (Å²) in [6.45, 7) is 1.86. The van der Waals surface area contributed by atoms with Crippen LogP contribution in [0.3, 0.4) is 0 Å². The Morgan fingerprint density at radius 2 is 1.56 bits per heavy atom. The molecule has 0 aromatic rings. The molecule has 0 spiro atoms. The highest BCUT2D eigenvalue weighted by Gasteiger charge is 2.29. The highest BCUT2D eigenvalue weighted by atomic mass is 32.2. The molecule has 0 aromatic heterocycles. The van der Waals surface area contributed by atoms with Crippen LogP contribution in [0, 0.1) is 0 Å². The lowest BCUT2D eigenvalue weighted by Crippen LogP contribution is -2.46. The molecule has 4 nitrogen and oxygen atoms in total. The van der Waals surface area contributed by atoms with Gasteiger partial charge in [-0.25, -0.2) is 13.1 Å². The van der Waals surface area contributed by atoms with Crippen LogP contribution in [0.25, 0.3) is 0 Å². The van der Waals surface area contributed by atoms with E-state index in [4.69, 9.17) is 0 Å². The molecule has 1 saturated carbocycles. The first-order chi connectivity index (χ1) is 7.68. The van der Waals surface area contributed by atoms with Gasteiger partial charge in [-0.05, 0) is 38.8 Å². The summed E-state index contributed by atoms with van der Waals surface area (Å²) in [6.07, 6.45) is 6.87. The van der Waals surface area contributed by atoms with Gasteiger partial charge in [-0.2, -0.15) is 0 Å². The van der Waals surface area contributed by atoms with Gasteiger partial charge < -0.3 is 5.32 Å². The lowest BCUT2D eigenvalue weighted by atomic mass is 10.0. The van der Waals surface area contributed by atoms with Crippen molar-refractivity contribution in [1.29, 1.82) is 0 Å². The van der Waals surface area contributed by atoms with Gasteiger partial charge >= 0.3 is 0 Å². The molecule has 0 radical (unpaired) electrons. The Morgan fingerprint density at radius 3 is 2.19 bits per heavy atom. The molecule has 0 bridgehead atoms. The molecule has 0 unspecified atom stereocenters. The fourth-order valence-corrected chi connectivity index (χ4v) is 4.49. The van der Waals surface area contributed by atoms with Crippen LogP contribution in [0.4, 0.5) is 0 Å². The summed E-state index contributed by atoms with van der Waals surface area (Å²) < 4.78 is 27.1. The summed E-state index contributed by atoms with van der Waals surface area (Å²) >= 11 is 0. The molecule has 1 heterocycles. The second-order valence-corrected chi connectivity index (χ2v) is 6.94. The third-order valence-electron chi connectivity index (χ3n) is 3.66. The number of hydrogen-bond donors (Lipinski definition) is 2. The molecule has 2 rings (SSSR count). The van der Waals surface area contributed by atoms with Crippen LogP contribution in [0.2, 0.25) is 0 Å². The van der Waals surface area contributed by atoms with Crippen molar-refractivity contribution in [2.24, 2.45) is 0 Å². The Balaban J connectivity index is 1.90. The number of sulfonamides is 1. The minimum Gasteiger partial charge on any atom is -0.317 e. The quantitative estimate of drug-likeness (QED) is 0.781. The molecule has 1 saturated heterocycles. The highest BCUT2D eigenvalue weighted by molar-refractivity contribution is 7.90. The molecule has 2 fully saturated rings. The minimum atomic E-state index is -3.06. The van der Waals surface area contributed by atoms with E-state index in [0.717, 1.165) is 51.6 Å². The second-order valence-electron chi connectivity index (χ2n) is 4.95. The van der Waals surface area contributed by atoms with E-state index >= 15 is 0 Å². The van der Waals surface area contributed by atoms with Crippen molar-refractivity contribution in [1.82, 2.24) is 10.0 Å². The largest absolute Gasteiger partial charge is 0.317 e. The second kappa shape index (κ2) is 5.47. The van der Waals surface area contributed by atoms with Gasteiger partial charge in [0.2, 0.25) is 10.0 Å². The fraction of sp³-hybridized carbons (Fsp3) is 1.00. The maximum Gasteiger partial charge on any atom is 0.214 e. The Hall–Kier alpha value is -0.130. The van der Waals surface area contributed by atoms with Crippen molar-refractivity contribution < 1.29 is 8.42 Å². The molecule has 0 amide bonds. The lowest BCUT2D eigenvalue weighted by Gasteiger charge is -2.28. The first-order valence-electron chi connectivity index (χ1n) is 6.40. The van der Waals surface area contributed by atoms with Crippen molar-refractivity contribution in [3.8, 4) is 0 Å². The topological polar surface area (TPSA) is 58.2 Å². The summed E-state index contributed by atoms with van der Waals surface area (Å²) in [5.74, 6) is 0. The standard InChI is InChI=1S/C11H22N2O2S/c14-16(15,11-4-2-1-3-5-11)13-10-6-8-12-9-7-10/h10-13H,1-9H2. The van der Waals surface area contributed by atoms with E-state index in [2.05, 4.69) is 10.0 Å². The van der Waals surface area contributed by atoms with Crippen LogP contribution >= 0.6 is 0 Å². The van der Waals surface area contributed by atoms with Crippen LogP contribution < -0.4 is 10.0 Å². The average molecular weight is 246 g/mol. The summed E-state index contributed by atoms with van der Waals surface area (Å²) in [6, 6.07) is 0.160. The summed E-state index contributed by atoms with van der Waals surface area (Å²) in [5, 5.41) is 3.12. The fourth-order valence-electron chi connectivity index (χ4n) is 2.64. The maximum absolute atomic E-state index is 12.1. The monoisotopic (exact) mass is 246 g/mol. The first kappa shape index (κ1) is 12.3. The number of hydrogen-bond acceptors (Lipinski definition) is 3. The Kier molecular flexibility index (Phi) is 4.21. The summed E-state index contributed by atoms with van der Waals surface area (Å²) in [4.78, 5) is 0. The Labute approximate surface area is 98.2 Å². The molecule has 94 valence electrons. The van der Waals surface area contributed by atoms with Gasteiger partial charge in [0, 0.05) is 6.04 Å². The normalized spacial score (nSPS) is 25.8. The molecule has 2 N–H and O–H groups in total. The Bertz CT molecular complexity index is 304. The Morgan fingerprint density at radius 1 is 0.938 bits per heavy atom. The van der Waals surface area contributed by atoms with E-state index in [1.165, 1.54) is 6.42 Å². The molecular weight excluding hydrogens is 224 g/mol. The number of rotatable bonds is 3. The van der Waals surface area contributed by atoms with Gasteiger partial charge in [0.1, 0.15) is 0 Å². The first-order valence-corrected chi connectivity index (χ1v) is 7.95. The maximum atomic E-state index is 12.1. The molecule has 5 heteroatoms. The van der Waals surface area contributed by atoms with Crippen LogP contribution in [0.15, 0.2) is 0 Å². The summed E-state index contributed by atoms with van der Waals surface area (Å²) in [7, 11) is -3.06. The van der Waals surface area contributed by atoms with Gasteiger partial charge in [0.05, 0.1) is 5.25 Å². The van der Waals surface area contributed by atoms with Gasteiger partial charge in [0.15, 0.2) is 0 Å².